The Morgan fingerprint density at radius 3 is 2.44 bits per heavy atom. The van der Waals surface area contributed by atoms with E-state index in [9.17, 15) is 4.79 Å². The molecule has 0 aromatic heterocycles. The van der Waals surface area contributed by atoms with Gasteiger partial charge in [0.25, 0.3) is 0 Å². The fourth-order valence-corrected chi connectivity index (χ4v) is 2.83. The summed E-state index contributed by atoms with van der Waals surface area (Å²) in [6, 6.07) is 0. The van der Waals surface area contributed by atoms with E-state index in [1.165, 1.54) is 0 Å². The summed E-state index contributed by atoms with van der Waals surface area (Å²) in [6.07, 6.45) is 4.47. The predicted molar refractivity (Wildman–Crippen MR) is 76.5 cm³/mol. The van der Waals surface area contributed by atoms with Crippen molar-refractivity contribution in [1.82, 2.24) is 10.2 Å². The topological polar surface area (TPSA) is 32.3 Å². The fourth-order valence-electron chi connectivity index (χ4n) is 2.83. The third kappa shape index (κ3) is 3.71. The fraction of sp³-hybridized carbons (Fsp3) is 0.933. The van der Waals surface area contributed by atoms with Crippen LogP contribution in [0.2, 0.25) is 0 Å². The summed E-state index contributed by atoms with van der Waals surface area (Å²) < 4.78 is 0. The Balaban J connectivity index is 2.65. The average molecular weight is 254 g/mol. The van der Waals surface area contributed by atoms with Gasteiger partial charge in [-0.05, 0) is 39.2 Å². The molecule has 1 unspecified atom stereocenters. The summed E-state index contributed by atoms with van der Waals surface area (Å²) in [6.45, 7) is 12.3. The van der Waals surface area contributed by atoms with E-state index in [1.807, 2.05) is 0 Å². The van der Waals surface area contributed by atoms with Crippen molar-refractivity contribution in [2.75, 3.05) is 26.2 Å². The third-order valence-corrected chi connectivity index (χ3v) is 4.42. The van der Waals surface area contributed by atoms with E-state index >= 15 is 0 Å². The van der Waals surface area contributed by atoms with Gasteiger partial charge in [0, 0.05) is 19.6 Å². The second-order valence-corrected chi connectivity index (χ2v) is 5.87. The highest BCUT2D eigenvalue weighted by Crippen LogP contribution is 2.28. The zero-order valence-electron chi connectivity index (χ0n) is 12.6. The molecule has 1 aliphatic rings. The monoisotopic (exact) mass is 254 g/mol. The smallest absolute Gasteiger partial charge is 0.229 e. The molecule has 1 rings (SSSR count). The first-order valence-corrected chi connectivity index (χ1v) is 7.57. The van der Waals surface area contributed by atoms with Crippen LogP contribution in [-0.2, 0) is 4.79 Å². The summed E-state index contributed by atoms with van der Waals surface area (Å²) >= 11 is 0. The number of piperidine rings is 1. The Labute approximate surface area is 112 Å². The van der Waals surface area contributed by atoms with Crippen molar-refractivity contribution in [3.05, 3.63) is 0 Å². The second kappa shape index (κ2) is 7.13. The molecule has 0 spiro atoms. The van der Waals surface area contributed by atoms with Crippen LogP contribution in [0, 0.1) is 11.3 Å². The molecule has 1 aliphatic heterocycles. The minimum absolute atomic E-state index is 0.180. The molecule has 3 nitrogen and oxygen atoms in total. The average Bonchev–Trinajstić information content (AvgIpc) is 2.40. The molecule has 0 saturated carbocycles. The molecule has 1 amide bonds. The number of nitrogens with one attached hydrogen (secondary N) is 1. The van der Waals surface area contributed by atoms with Gasteiger partial charge < -0.3 is 10.2 Å². The Morgan fingerprint density at radius 1 is 1.33 bits per heavy atom. The molecule has 0 aromatic carbocycles. The molecule has 106 valence electrons. The van der Waals surface area contributed by atoms with Gasteiger partial charge in [0.05, 0.1) is 5.41 Å². The van der Waals surface area contributed by atoms with Crippen LogP contribution in [0.25, 0.3) is 0 Å². The Hall–Kier alpha value is -0.570. The molecule has 18 heavy (non-hydrogen) atoms. The van der Waals surface area contributed by atoms with Crippen molar-refractivity contribution in [1.29, 1.82) is 0 Å². The van der Waals surface area contributed by atoms with Gasteiger partial charge >= 0.3 is 0 Å². The molecular formula is C15H30N2O. The van der Waals surface area contributed by atoms with Crippen LogP contribution in [0.15, 0.2) is 0 Å². The largest absolute Gasteiger partial charge is 0.342 e. The Bertz CT molecular complexity index is 255. The van der Waals surface area contributed by atoms with Gasteiger partial charge in [-0.2, -0.15) is 0 Å². The van der Waals surface area contributed by atoms with Crippen LogP contribution in [-0.4, -0.2) is 37.0 Å². The van der Waals surface area contributed by atoms with E-state index in [0.717, 1.165) is 51.9 Å². The first kappa shape index (κ1) is 15.5. The minimum atomic E-state index is -0.180. The van der Waals surface area contributed by atoms with Crippen molar-refractivity contribution in [2.45, 2.75) is 53.4 Å². The van der Waals surface area contributed by atoms with Crippen LogP contribution in [0.3, 0.4) is 0 Å². The lowest BCUT2D eigenvalue weighted by molar-refractivity contribution is -0.142. The van der Waals surface area contributed by atoms with Crippen molar-refractivity contribution in [3.63, 3.8) is 0 Å². The van der Waals surface area contributed by atoms with E-state index < -0.39 is 0 Å². The Morgan fingerprint density at radius 2 is 2.00 bits per heavy atom. The van der Waals surface area contributed by atoms with Gasteiger partial charge in [-0.25, -0.2) is 0 Å². The maximum Gasteiger partial charge on any atom is 0.229 e. The first-order valence-electron chi connectivity index (χ1n) is 7.57. The minimum Gasteiger partial charge on any atom is -0.342 e. The highest BCUT2D eigenvalue weighted by Gasteiger charge is 2.37. The van der Waals surface area contributed by atoms with E-state index in [4.69, 9.17) is 0 Å². The zero-order valence-corrected chi connectivity index (χ0v) is 12.6. The molecular weight excluding hydrogens is 224 g/mol. The number of rotatable bonds is 6. The summed E-state index contributed by atoms with van der Waals surface area (Å²) in [5, 5.41) is 3.37. The van der Waals surface area contributed by atoms with Crippen molar-refractivity contribution >= 4 is 5.91 Å². The van der Waals surface area contributed by atoms with Crippen LogP contribution in [0.1, 0.15) is 53.4 Å². The number of hydrogen-bond acceptors (Lipinski definition) is 2. The van der Waals surface area contributed by atoms with Crippen LogP contribution >= 0.6 is 0 Å². The van der Waals surface area contributed by atoms with E-state index in [2.05, 4.69) is 37.9 Å². The summed E-state index contributed by atoms with van der Waals surface area (Å²) in [5.41, 5.74) is -0.180. The van der Waals surface area contributed by atoms with Crippen molar-refractivity contribution in [3.8, 4) is 0 Å². The van der Waals surface area contributed by atoms with Gasteiger partial charge in [-0.15, -0.1) is 0 Å². The quantitative estimate of drug-likeness (QED) is 0.790. The summed E-state index contributed by atoms with van der Waals surface area (Å²) in [4.78, 5) is 14.8. The molecule has 0 bridgehead atoms. The highest BCUT2D eigenvalue weighted by atomic mass is 16.2. The lowest BCUT2D eigenvalue weighted by atomic mass is 9.81. The standard InChI is InChI=1S/C15H30N2O/c1-5-13(6-2)11-17(7-3)14(18)15(4)9-8-10-16-12-15/h13,16H,5-12H2,1-4H3. The molecule has 0 aromatic rings. The maximum absolute atomic E-state index is 12.7. The highest BCUT2D eigenvalue weighted by molar-refractivity contribution is 5.82. The van der Waals surface area contributed by atoms with E-state index in [0.29, 0.717) is 11.8 Å². The number of amides is 1. The molecule has 3 heteroatoms. The zero-order chi connectivity index (χ0) is 13.6. The van der Waals surface area contributed by atoms with Gasteiger partial charge in [0.1, 0.15) is 0 Å². The SMILES string of the molecule is CCC(CC)CN(CC)C(=O)C1(C)CCCNC1. The molecule has 0 aliphatic carbocycles. The van der Waals surface area contributed by atoms with E-state index in [-0.39, 0.29) is 5.41 Å². The summed E-state index contributed by atoms with van der Waals surface area (Å²) in [7, 11) is 0. The summed E-state index contributed by atoms with van der Waals surface area (Å²) in [5.74, 6) is 0.998. The van der Waals surface area contributed by atoms with Crippen LogP contribution in [0.5, 0.6) is 0 Å². The van der Waals surface area contributed by atoms with Gasteiger partial charge in [-0.1, -0.05) is 26.7 Å². The second-order valence-electron chi connectivity index (χ2n) is 5.87. The lowest BCUT2D eigenvalue weighted by Crippen LogP contribution is -2.51. The molecule has 0 radical (unpaired) electrons. The van der Waals surface area contributed by atoms with Gasteiger partial charge in [-0.3, -0.25) is 4.79 Å². The lowest BCUT2D eigenvalue weighted by Gasteiger charge is -2.38. The van der Waals surface area contributed by atoms with Crippen molar-refractivity contribution < 1.29 is 4.79 Å². The molecule has 1 fully saturated rings. The molecule has 1 saturated heterocycles. The van der Waals surface area contributed by atoms with Gasteiger partial charge in [0.15, 0.2) is 0 Å². The van der Waals surface area contributed by atoms with Crippen LogP contribution in [0.4, 0.5) is 0 Å². The number of nitrogens with zero attached hydrogens (tertiary/aromatic N) is 1. The number of hydrogen-bond donors (Lipinski definition) is 1. The Kier molecular flexibility index (Phi) is 6.13. The molecule has 1 heterocycles. The third-order valence-electron chi connectivity index (χ3n) is 4.42. The van der Waals surface area contributed by atoms with E-state index in [1.54, 1.807) is 0 Å². The normalized spacial score (nSPS) is 24.3. The van der Waals surface area contributed by atoms with Crippen molar-refractivity contribution in [2.24, 2.45) is 11.3 Å². The predicted octanol–water partition coefficient (Wildman–Crippen LogP) is 2.66. The molecule has 1 atom stereocenters. The molecule has 1 N–H and O–H groups in total. The number of carbonyl (C=O) groups is 1. The number of carbonyl (C=O) groups excluding carboxylic acids is 1. The maximum atomic E-state index is 12.7. The van der Waals surface area contributed by atoms with Gasteiger partial charge in [0.2, 0.25) is 5.91 Å². The first-order chi connectivity index (χ1) is 8.57. The van der Waals surface area contributed by atoms with Crippen LogP contribution < -0.4 is 5.32 Å².